The Hall–Kier alpha value is -3.70. The van der Waals surface area contributed by atoms with Gasteiger partial charge < -0.3 is 9.30 Å². The zero-order chi connectivity index (χ0) is 24.7. The van der Waals surface area contributed by atoms with E-state index < -0.39 is 5.41 Å². The van der Waals surface area contributed by atoms with Crippen LogP contribution < -0.4 is 4.74 Å². The molecule has 3 aromatic heterocycles. The van der Waals surface area contributed by atoms with Crippen LogP contribution in [0.15, 0.2) is 42.9 Å². The number of methoxy groups -OCH3 is 1. The van der Waals surface area contributed by atoms with E-state index in [-0.39, 0.29) is 5.92 Å². The number of rotatable bonds is 5. The molecule has 35 heavy (non-hydrogen) atoms. The first-order valence-electron chi connectivity index (χ1n) is 11.5. The third-order valence-corrected chi connectivity index (χ3v) is 6.84. The van der Waals surface area contributed by atoms with Gasteiger partial charge in [0.05, 0.1) is 30.6 Å². The van der Waals surface area contributed by atoms with E-state index in [1.807, 2.05) is 66.5 Å². The predicted octanol–water partition coefficient (Wildman–Crippen LogP) is 5.22. The molecular formula is C26H26ClN7O. The van der Waals surface area contributed by atoms with E-state index in [0.717, 1.165) is 47.7 Å². The monoisotopic (exact) mass is 487 g/mol. The van der Waals surface area contributed by atoms with Gasteiger partial charge >= 0.3 is 0 Å². The first-order valence-corrected chi connectivity index (χ1v) is 11.9. The molecule has 4 aromatic rings. The molecule has 1 aromatic carbocycles. The van der Waals surface area contributed by atoms with Crippen molar-refractivity contribution in [1.29, 1.82) is 5.26 Å². The van der Waals surface area contributed by atoms with E-state index in [9.17, 15) is 5.26 Å². The number of halogens is 1. The summed E-state index contributed by atoms with van der Waals surface area (Å²) in [5.41, 5.74) is 3.64. The molecule has 0 saturated carbocycles. The van der Waals surface area contributed by atoms with Crippen LogP contribution in [0, 0.1) is 18.3 Å². The minimum atomic E-state index is -0.608. The number of ether oxygens (including phenoxy) is 1. The highest BCUT2D eigenvalue weighted by Gasteiger charge is 2.30. The molecule has 0 bridgehead atoms. The fraction of sp³-hybridized carbons (Fsp3) is 0.346. The Morgan fingerprint density at radius 1 is 1.20 bits per heavy atom. The number of imidazole rings is 1. The molecule has 4 heterocycles. The summed E-state index contributed by atoms with van der Waals surface area (Å²) in [7, 11) is 1.60. The lowest BCUT2D eigenvalue weighted by atomic mass is 9.82. The summed E-state index contributed by atoms with van der Waals surface area (Å²) in [6.45, 7) is 6.54. The van der Waals surface area contributed by atoms with Crippen LogP contribution >= 0.6 is 11.6 Å². The Balaban J connectivity index is 1.54. The van der Waals surface area contributed by atoms with Gasteiger partial charge in [-0.3, -0.25) is 0 Å². The second-order valence-corrected chi connectivity index (χ2v) is 9.74. The molecule has 8 nitrogen and oxygen atoms in total. The maximum absolute atomic E-state index is 9.61. The summed E-state index contributed by atoms with van der Waals surface area (Å²) in [6, 6.07) is 12.1. The fourth-order valence-corrected chi connectivity index (χ4v) is 4.72. The van der Waals surface area contributed by atoms with Crippen LogP contribution in [0.1, 0.15) is 55.3 Å². The lowest BCUT2D eigenvalue weighted by Gasteiger charge is -2.25. The van der Waals surface area contributed by atoms with Crippen molar-refractivity contribution in [3.05, 3.63) is 70.5 Å². The lowest BCUT2D eigenvalue weighted by molar-refractivity contribution is 0.396. The topological polar surface area (TPSA) is 94.4 Å². The quantitative estimate of drug-likeness (QED) is 0.383. The van der Waals surface area contributed by atoms with Gasteiger partial charge in [0.2, 0.25) is 5.88 Å². The number of pyridine rings is 1. The third kappa shape index (κ3) is 4.17. The summed E-state index contributed by atoms with van der Waals surface area (Å²) in [5.74, 6) is 1.86. The maximum Gasteiger partial charge on any atom is 0.238 e. The summed E-state index contributed by atoms with van der Waals surface area (Å²) in [6.07, 6.45) is 5.52. The molecule has 9 heteroatoms. The maximum atomic E-state index is 9.61. The molecule has 0 spiro atoms. The summed E-state index contributed by atoms with van der Waals surface area (Å²) in [4.78, 5) is 13.9. The average molecular weight is 488 g/mol. The van der Waals surface area contributed by atoms with Gasteiger partial charge in [0.1, 0.15) is 17.2 Å². The molecule has 0 radical (unpaired) electrons. The van der Waals surface area contributed by atoms with Crippen molar-refractivity contribution < 1.29 is 4.74 Å². The number of nitriles is 1. The zero-order valence-electron chi connectivity index (χ0n) is 20.2. The largest absolute Gasteiger partial charge is 0.479 e. The van der Waals surface area contributed by atoms with Gasteiger partial charge in [-0.15, -0.1) is 5.10 Å². The van der Waals surface area contributed by atoms with Crippen LogP contribution in [0.2, 0.25) is 5.02 Å². The molecule has 0 fully saturated rings. The number of hydrogen-bond donors (Lipinski definition) is 0. The first-order chi connectivity index (χ1) is 16.8. The number of hydrogen-bond acceptors (Lipinski definition) is 6. The van der Waals surface area contributed by atoms with Crippen molar-refractivity contribution in [3.63, 3.8) is 0 Å². The van der Waals surface area contributed by atoms with Crippen LogP contribution in [0.3, 0.4) is 0 Å². The first kappa shape index (κ1) is 23.1. The number of benzene rings is 1. The number of nitrogens with zero attached hydrogens (tertiary/aromatic N) is 7. The fourth-order valence-electron chi connectivity index (χ4n) is 4.48. The number of aryl methyl sites for hydroxylation is 2. The second-order valence-electron chi connectivity index (χ2n) is 9.33. The molecule has 0 aliphatic carbocycles. The number of aromatic nitrogens is 6. The Labute approximate surface area is 209 Å². The Morgan fingerprint density at radius 3 is 2.74 bits per heavy atom. The smallest absolute Gasteiger partial charge is 0.238 e. The Kier molecular flexibility index (Phi) is 5.81. The Bertz CT molecular complexity index is 1450. The van der Waals surface area contributed by atoms with Crippen molar-refractivity contribution >= 4 is 11.6 Å². The predicted molar refractivity (Wildman–Crippen MR) is 133 cm³/mol. The molecule has 178 valence electrons. The molecular weight excluding hydrogens is 462 g/mol. The normalized spacial score (nSPS) is 15.5. The van der Waals surface area contributed by atoms with Gasteiger partial charge in [-0.05, 0) is 62.9 Å². The van der Waals surface area contributed by atoms with Crippen molar-refractivity contribution in [2.45, 2.75) is 51.5 Å². The van der Waals surface area contributed by atoms with Crippen LogP contribution in [-0.4, -0.2) is 36.4 Å². The highest BCUT2D eigenvalue weighted by Crippen LogP contribution is 2.39. The van der Waals surface area contributed by atoms with Crippen molar-refractivity contribution in [3.8, 4) is 29.2 Å². The van der Waals surface area contributed by atoms with E-state index in [1.165, 1.54) is 0 Å². The lowest BCUT2D eigenvalue weighted by Crippen LogP contribution is -2.20. The average Bonchev–Trinajstić information content (AvgIpc) is 3.50. The molecule has 1 atom stereocenters. The summed E-state index contributed by atoms with van der Waals surface area (Å²) >= 11 is 6.65. The molecule has 1 aliphatic rings. The molecule has 1 aliphatic heterocycles. The number of fused-ring (bicyclic) bond motifs is 1. The highest BCUT2D eigenvalue weighted by molar-refractivity contribution is 6.31. The van der Waals surface area contributed by atoms with Crippen LogP contribution in [-0.2, 0) is 12.0 Å². The van der Waals surface area contributed by atoms with E-state index in [0.29, 0.717) is 22.4 Å². The minimum absolute atomic E-state index is 0.0120. The third-order valence-electron chi connectivity index (χ3n) is 6.50. The van der Waals surface area contributed by atoms with Gasteiger partial charge in [-0.25, -0.2) is 19.6 Å². The van der Waals surface area contributed by atoms with Crippen molar-refractivity contribution in [2.75, 3.05) is 7.11 Å². The molecule has 0 N–H and O–H groups in total. The SMILES string of the molecule is COc1nc(-c2nc3n(n2)CCC[C@H]3c2cc(C(C)(C)C#N)ccc2Cl)ccc1-n1cnc(C)c1. The van der Waals surface area contributed by atoms with Gasteiger partial charge in [-0.2, -0.15) is 5.26 Å². The van der Waals surface area contributed by atoms with E-state index >= 15 is 0 Å². The van der Waals surface area contributed by atoms with Crippen LogP contribution in [0.25, 0.3) is 17.2 Å². The molecule has 0 unspecified atom stereocenters. The van der Waals surface area contributed by atoms with E-state index in [1.54, 1.807) is 13.4 Å². The van der Waals surface area contributed by atoms with E-state index in [4.69, 9.17) is 31.4 Å². The van der Waals surface area contributed by atoms with Crippen molar-refractivity contribution in [2.24, 2.45) is 0 Å². The second kappa shape index (κ2) is 8.82. The van der Waals surface area contributed by atoms with Gasteiger partial charge in [0.15, 0.2) is 5.82 Å². The standard InChI is InChI=1S/C26H26ClN7O/c1-16-13-33(15-29-16)22-10-9-21(30-25(22)35-4)23-31-24-18(6-5-11-34(24)32-23)19-12-17(7-8-20(19)27)26(2,3)14-28/h7-10,12-13,15,18H,5-6,11H2,1-4H3/t18-/m0/s1. The van der Waals surface area contributed by atoms with Gasteiger partial charge in [0.25, 0.3) is 0 Å². The van der Waals surface area contributed by atoms with Gasteiger partial charge in [0, 0.05) is 23.7 Å². The molecule has 0 amide bonds. The van der Waals surface area contributed by atoms with Crippen molar-refractivity contribution in [1.82, 2.24) is 29.3 Å². The zero-order valence-corrected chi connectivity index (χ0v) is 20.9. The van der Waals surface area contributed by atoms with Crippen LogP contribution in [0.4, 0.5) is 0 Å². The summed E-state index contributed by atoms with van der Waals surface area (Å²) in [5, 5.41) is 15.0. The highest BCUT2D eigenvalue weighted by atomic mass is 35.5. The summed E-state index contributed by atoms with van der Waals surface area (Å²) < 4.78 is 9.40. The Morgan fingerprint density at radius 2 is 2.03 bits per heavy atom. The van der Waals surface area contributed by atoms with E-state index in [2.05, 4.69) is 11.1 Å². The minimum Gasteiger partial charge on any atom is -0.479 e. The van der Waals surface area contributed by atoms with Gasteiger partial charge in [-0.1, -0.05) is 23.7 Å². The van der Waals surface area contributed by atoms with Crippen LogP contribution in [0.5, 0.6) is 5.88 Å². The molecule has 0 saturated heterocycles. The molecule has 5 rings (SSSR count).